The lowest BCUT2D eigenvalue weighted by Crippen LogP contribution is -2.00. The maximum atomic E-state index is 13.3. The summed E-state index contributed by atoms with van der Waals surface area (Å²) < 4.78 is 18.4. The maximum absolute atomic E-state index is 13.3. The second kappa shape index (κ2) is 5.51. The lowest BCUT2D eigenvalue weighted by molar-refractivity contribution is 0.112. The molecule has 0 fully saturated rings. The molecule has 15 heavy (non-hydrogen) atoms. The van der Waals surface area contributed by atoms with Gasteiger partial charge in [0.25, 0.3) is 0 Å². The molecule has 80 valence electrons. The van der Waals surface area contributed by atoms with Gasteiger partial charge >= 0.3 is 0 Å². The average molecular weight is 229 g/mol. The Morgan fingerprint density at radius 1 is 1.60 bits per heavy atom. The third-order valence-corrected chi connectivity index (χ3v) is 2.11. The minimum Gasteiger partial charge on any atom is -0.486 e. The van der Waals surface area contributed by atoms with Gasteiger partial charge in [0.1, 0.15) is 12.9 Å². The van der Waals surface area contributed by atoms with Crippen LogP contribution in [0.1, 0.15) is 17.3 Å². The molecule has 0 amide bonds. The van der Waals surface area contributed by atoms with Crippen LogP contribution in [0, 0.1) is 5.82 Å². The summed E-state index contributed by atoms with van der Waals surface area (Å²) in [5.41, 5.74) is 2.44. The molecule has 0 bridgehead atoms. The predicted molar refractivity (Wildman–Crippen MR) is 56.9 cm³/mol. The third kappa shape index (κ3) is 3.36. The van der Waals surface area contributed by atoms with E-state index in [2.05, 4.69) is 0 Å². The van der Waals surface area contributed by atoms with Gasteiger partial charge in [-0.3, -0.25) is 4.79 Å². The lowest BCUT2D eigenvalue weighted by atomic mass is 10.2. The number of ether oxygens (including phenoxy) is 1. The lowest BCUT2D eigenvalue weighted by Gasteiger charge is -2.06. The van der Waals surface area contributed by atoms with Gasteiger partial charge in [-0.05, 0) is 30.7 Å². The Morgan fingerprint density at radius 3 is 2.87 bits per heavy atom. The molecule has 0 spiro atoms. The fourth-order valence-electron chi connectivity index (χ4n) is 0.931. The second-order valence-corrected chi connectivity index (χ2v) is 3.27. The number of halogens is 2. The molecule has 0 aliphatic carbocycles. The van der Waals surface area contributed by atoms with Crippen LogP contribution in [0.3, 0.4) is 0 Å². The van der Waals surface area contributed by atoms with Gasteiger partial charge in [-0.1, -0.05) is 11.6 Å². The average Bonchev–Trinajstić information content (AvgIpc) is 2.26. The standard InChI is InChI=1S/C11H10ClFO2/c1-8(5-12)7-15-11-3-2-9(6-14)4-10(11)13/h2-6H,7H2,1H3/b8-5-. The molecule has 0 aliphatic rings. The van der Waals surface area contributed by atoms with E-state index >= 15 is 0 Å². The molecule has 1 aromatic carbocycles. The first-order valence-electron chi connectivity index (χ1n) is 4.30. The van der Waals surface area contributed by atoms with E-state index in [0.29, 0.717) is 6.29 Å². The van der Waals surface area contributed by atoms with Gasteiger partial charge in [-0.25, -0.2) is 4.39 Å². The van der Waals surface area contributed by atoms with E-state index in [-0.39, 0.29) is 17.9 Å². The molecular formula is C11H10ClFO2. The number of rotatable bonds is 4. The summed E-state index contributed by atoms with van der Waals surface area (Å²) in [5.74, 6) is -0.444. The van der Waals surface area contributed by atoms with Crippen molar-refractivity contribution in [2.75, 3.05) is 6.61 Å². The molecule has 1 rings (SSSR count). The van der Waals surface area contributed by atoms with Gasteiger partial charge in [0.05, 0.1) is 0 Å². The van der Waals surface area contributed by atoms with Crippen molar-refractivity contribution in [1.82, 2.24) is 0 Å². The smallest absolute Gasteiger partial charge is 0.165 e. The largest absolute Gasteiger partial charge is 0.486 e. The van der Waals surface area contributed by atoms with Crippen molar-refractivity contribution in [2.45, 2.75) is 6.92 Å². The normalized spacial score (nSPS) is 11.3. The van der Waals surface area contributed by atoms with E-state index in [1.165, 1.54) is 17.7 Å². The quantitative estimate of drug-likeness (QED) is 0.740. The monoisotopic (exact) mass is 228 g/mol. The molecule has 0 aliphatic heterocycles. The molecule has 4 heteroatoms. The van der Waals surface area contributed by atoms with E-state index in [9.17, 15) is 9.18 Å². The fraction of sp³-hybridized carbons (Fsp3) is 0.182. The summed E-state index contributed by atoms with van der Waals surface area (Å²) in [5, 5.41) is 0. The van der Waals surface area contributed by atoms with Gasteiger partial charge < -0.3 is 4.74 Å². The van der Waals surface area contributed by atoms with Gasteiger partial charge in [0.2, 0.25) is 0 Å². The van der Waals surface area contributed by atoms with Crippen LogP contribution in [0.2, 0.25) is 0 Å². The van der Waals surface area contributed by atoms with Gasteiger partial charge in [-0.15, -0.1) is 0 Å². The zero-order valence-corrected chi connectivity index (χ0v) is 8.92. The third-order valence-electron chi connectivity index (χ3n) is 1.73. The first kappa shape index (κ1) is 11.7. The Labute approximate surface area is 92.3 Å². The molecule has 0 radical (unpaired) electrons. The minimum absolute atomic E-state index is 0.110. The molecule has 0 heterocycles. The van der Waals surface area contributed by atoms with Crippen molar-refractivity contribution in [3.05, 3.63) is 40.7 Å². The zero-order chi connectivity index (χ0) is 11.3. The predicted octanol–water partition coefficient (Wildman–Crippen LogP) is 3.16. The van der Waals surface area contributed by atoms with Crippen molar-refractivity contribution in [2.24, 2.45) is 0 Å². The number of aldehydes is 1. The SMILES string of the molecule is C/C(=C/Cl)COc1ccc(C=O)cc1F. The van der Waals surface area contributed by atoms with Crippen molar-refractivity contribution in [3.63, 3.8) is 0 Å². The van der Waals surface area contributed by atoms with E-state index in [0.717, 1.165) is 11.6 Å². The highest BCUT2D eigenvalue weighted by atomic mass is 35.5. The first-order valence-corrected chi connectivity index (χ1v) is 4.74. The summed E-state index contributed by atoms with van der Waals surface area (Å²) in [6.45, 7) is 1.99. The Kier molecular flexibility index (Phi) is 4.31. The molecule has 0 aromatic heterocycles. The number of hydrogen-bond acceptors (Lipinski definition) is 2. The van der Waals surface area contributed by atoms with Gasteiger partial charge in [-0.2, -0.15) is 0 Å². The van der Waals surface area contributed by atoms with Crippen LogP contribution in [-0.2, 0) is 0 Å². The summed E-state index contributed by atoms with van der Waals surface area (Å²) >= 11 is 5.42. The summed E-state index contributed by atoms with van der Waals surface area (Å²) in [7, 11) is 0. The van der Waals surface area contributed by atoms with E-state index < -0.39 is 5.82 Å². The van der Waals surface area contributed by atoms with Crippen LogP contribution in [0.5, 0.6) is 5.75 Å². The Balaban J connectivity index is 2.74. The molecule has 0 atom stereocenters. The van der Waals surface area contributed by atoms with Crippen molar-refractivity contribution >= 4 is 17.9 Å². The maximum Gasteiger partial charge on any atom is 0.165 e. The highest BCUT2D eigenvalue weighted by Gasteiger charge is 2.04. The molecule has 0 unspecified atom stereocenters. The molecule has 1 aromatic rings. The van der Waals surface area contributed by atoms with E-state index in [4.69, 9.17) is 16.3 Å². The highest BCUT2D eigenvalue weighted by molar-refractivity contribution is 6.25. The topological polar surface area (TPSA) is 26.3 Å². The number of carbonyl (C=O) groups excluding carboxylic acids is 1. The highest BCUT2D eigenvalue weighted by Crippen LogP contribution is 2.18. The summed E-state index contributed by atoms with van der Waals surface area (Å²) in [6, 6.07) is 4.04. The van der Waals surface area contributed by atoms with Crippen molar-refractivity contribution in [1.29, 1.82) is 0 Å². The van der Waals surface area contributed by atoms with Crippen LogP contribution in [0.15, 0.2) is 29.3 Å². The van der Waals surface area contributed by atoms with Crippen LogP contribution < -0.4 is 4.74 Å². The van der Waals surface area contributed by atoms with Crippen LogP contribution in [0.4, 0.5) is 4.39 Å². The van der Waals surface area contributed by atoms with Crippen LogP contribution in [0.25, 0.3) is 0 Å². The number of hydrogen-bond donors (Lipinski definition) is 0. The Morgan fingerprint density at radius 2 is 2.33 bits per heavy atom. The molecule has 0 saturated heterocycles. The van der Waals surface area contributed by atoms with E-state index in [1.807, 2.05) is 0 Å². The molecule has 0 N–H and O–H groups in total. The zero-order valence-electron chi connectivity index (χ0n) is 8.17. The van der Waals surface area contributed by atoms with Crippen molar-refractivity contribution in [3.8, 4) is 5.75 Å². The van der Waals surface area contributed by atoms with E-state index in [1.54, 1.807) is 6.92 Å². The molecule has 2 nitrogen and oxygen atoms in total. The molecular weight excluding hydrogens is 219 g/mol. The summed E-state index contributed by atoms with van der Waals surface area (Å²) in [4.78, 5) is 10.3. The Hall–Kier alpha value is -1.35. The number of benzene rings is 1. The van der Waals surface area contributed by atoms with Crippen LogP contribution >= 0.6 is 11.6 Å². The van der Waals surface area contributed by atoms with Gasteiger partial charge in [0, 0.05) is 11.1 Å². The Bertz CT molecular complexity index is 388. The fourth-order valence-corrected chi connectivity index (χ4v) is 0.994. The number of carbonyl (C=O) groups is 1. The summed E-state index contributed by atoms with van der Waals surface area (Å²) in [6.07, 6.45) is 0.580. The first-order chi connectivity index (χ1) is 7.17. The molecule has 0 saturated carbocycles. The second-order valence-electron chi connectivity index (χ2n) is 3.05. The van der Waals surface area contributed by atoms with Crippen molar-refractivity contribution < 1.29 is 13.9 Å². The van der Waals surface area contributed by atoms with Gasteiger partial charge in [0.15, 0.2) is 11.6 Å². The van der Waals surface area contributed by atoms with Crippen LogP contribution in [-0.4, -0.2) is 12.9 Å². The minimum atomic E-state index is -0.554.